The second-order valence-corrected chi connectivity index (χ2v) is 4.71. The minimum absolute atomic E-state index is 0.0140. The van der Waals surface area contributed by atoms with Gasteiger partial charge >= 0.3 is 0 Å². The van der Waals surface area contributed by atoms with E-state index in [-0.39, 0.29) is 5.56 Å². The molecule has 4 heteroatoms. The number of aromatic nitrogens is 2. The van der Waals surface area contributed by atoms with E-state index in [1.807, 2.05) is 0 Å². The van der Waals surface area contributed by atoms with Crippen LogP contribution >= 0.6 is 22.6 Å². The number of halogens is 1. The van der Waals surface area contributed by atoms with Crippen LogP contribution in [0.25, 0.3) is 0 Å². The van der Waals surface area contributed by atoms with E-state index in [0.717, 1.165) is 47.2 Å². The molecular formula is C11H17IN2O. The van der Waals surface area contributed by atoms with Crippen molar-refractivity contribution in [1.82, 2.24) is 9.97 Å². The van der Waals surface area contributed by atoms with Gasteiger partial charge in [0.15, 0.2) is 0 Å². The number of nitrogens with zero attached hydrogens (tertiary/aromatic N) is 1. The van der Waals surface area contributed by atoms with Gasteiger partial charge in [-0.05, 0) is 35.4 Å². The predicted octanol–water partition coefficient (Wildman–Crippen LogP) is 2.67. The molecule has 0 bridgehead atoms. The molecule has 1 rings (SSSR count). The molecule has 0 radical (unpaired) electrons. The standard InChI is InChI=1S/C11H17IN2O/c1-3-5-7-9-13-8(6-4-2)10(12)11(15)14-9/h3-7H2,1-2H3,(H,13,14,15). The maximum Gasteiger partial charge on any atom is 0.264 e. The Morgan fingerprint density at radius 2 is 2.00 bits per heavy atom. The first kappa shape index (κ1) is 12.7. The molecule has 1 aromatic rings. The highest BCUT2D eigenvalue weighted by Crippen LogP contribution is 2.08. The molecule has 1 aromatic heterocycles. The minimum atomic E-state index is 0.0140. The monoisotopic (exact) mass is 320 g/mol. The molecule has 1 N–H and O–H groups in total. The van der Waals surface area contributed by atoms with E-state index in [4.69, 9.17) is 0 Å². The van der Waals surface area contributed by atoms with Crippen LogP contribution in [-0.4, -0.2) is 9.97 Å². The summed E-state index contributed by atoms with van der Waals surface area (Å²) in [5.41, 5.74) is 0.966. The number of aromatic amines is 1. The second-order valence-electron chi connectivity index (χ2n) is 3.63. The third-order valence-electron chi connectivity index (χ3n) is 2.23. The first-order valence-corrected chi connectivity index (χ1v) is 6.54. The van der Waals surface area contributed by atoms with Crippen LogP contribution in [0.15, 0.2) is 4.79 Å². The fourth-order valence-corrected chi connectivity index (χ4v) is 1.95. The van der Waals surface area contributed by atoms with Crippen molar-refractivity contribution in [3.8, 4) is 0 Å². The van der Waals surface area contributed by atoms with Crippen LogP contribution in [-0.2, 0) is 12.8 Å². The van der Waals surface area contributed by atoms with Gasteiger partial charge in [-0.15, -0.1) is 0 Å². The van der Waals surface area contributed by atoms with Crippen molar-refractivity contribution >= 4 is 22.6 Å². The highest BCUT2D eigenvalue weighted by Gasteiger charge is 2.07. The fraction of sp³-hybridized carbons (Fsp3) is 0.636. The van der Waals surface area contributed by atoms with Crippen molar-refractivity contribution in [1.29, 1.82) is 0 Å². The molecule has 0 aromatic carbocycles. The van der Waals surface area contributed by atoms with Gasteiger partial charge in [0.1, 0.15) is 5.82 Å². The van der Waals surface area contributed by atoms with E-state index < -0.39 is 0 Å². The summed E-state index contributed by atoms with van der Waals surface area (Å²) in [6.07, 6.45) is 4.99. The largest absolute Gasteiger partial charge is 0.310 e. The number of hydrogen-bond acceptors (Lipinski definition) is 2. The Kier molecular flexibility index (Phi) is 5.28. The molecule has 0 spiro atoms. The Morgan fingerprint density at radius 3 is 2.60 bits per heavy atom. The van der Waals surface area contributed by atoms with Crippen LogP contribution < -0.4 is 5.56 Å². The molecule has 0 aliphatic carbocycles. The zero-order valence-corrected chi connectivity index (χ0v) is 11.4. The van der Waals surface area contributed by atoms with Crippen LogP contribution in [0.3, 0.4) is 0 Å². The molecule has 0 aliphatic heterocycles. The van der Waals surface area contributed by atoms with E-state index in [1.165, 1.54) is 0 Å². The fourth-order valence-electron chi connectivity index (χ4n) is 1.42. The Balaban J connectivity index is 2.95. The zero-order valence-electron chi connectivity index (χ0n) is 9.27. The SMILES string of the molecule is CCCCc1nc(CCC)c(I)c(=O)[nH]1. The van der Waals surface area contributed by atoms with Crippen molar-refractivity contribution in [3.63, 3.8) is 0 Å². The van der Waals surface area contributed by atoms with Gasteiger partial charge in [-0.3, -0.25) is 4.79 Å². The normalized spacial score (nSPS) is 10.6. The van der Waals surface area contributed by atoms with Gasteiger partial charge in [-0.1, -0.05) is 26.7 Å². The molecule has 15 heavy (non-hydrogen) atoms. The van der Waals surface area contributed by atoms with Crippen molar-refractivity contribution in [2.75, 3.05) is 0 Å². The minimum Gasteiger partial charge on any atom is -0.310 e. The molecule has 0 saturated heterocycles. The molecule has 0 unspecified atom stereocenters. The van der Waals surface area contributed by atoms with Crippen molar-refractivity contribution in [3.05, 3.63) is 25.4 Å². The molecular weight excluding hydrogens is 303 g/mol. The smallest absolute Gasteiger partial charge is 0.264 e. The van der Waals surface area contributed by atoms with Gasteiger partial charge < -0.3 is 4.98 Å². The lowest BCUT2D eigenvalue weighted by Gasteiger charge is -2.05. The summed E-state index contributed by atoms with van der Waals surface area (Å²) >= 11 is 2.08. The second kappa shape index (κ2) is 6.25. The van der Waals surface area contributed by atoms with E-state index in [9.17, 15) is 4.79 Å². The van der Waals surface area contributed by atoms with Crippen molar-refractivity contribution in [2.24, 2.45) is 0 Å². The molecule has 3 nitrogen and oxygen atoms in total. The molecule has 0 aliphatic rings. The highest BCUT2D eigenvalue weighted by molar-refractivity contribution is 14.1. The van der Waals surface area contributed by atoms with Crippen molar-refractivity contribution < 1.29 is 0 Å². The molecule has 0 saturated carbocycles. The zero-order chi connectivity index (χ0) is 11.3. The lowest BCUT2D eigenvalue weighted by Crippen LogP contribution is -2.18. The Labute approximate surface area is 104 Å². The highest BCUT2D eigenvalue weighted by atomic mass is 127. The Morgan fingerprint density at radius 1 is 1.27 bits per heavy atom. The van der Waals surface area contributed by atoms with Crippen LogP contribution in [0.5, 0.6) is 0 Å². The number of hydrogen-bond donors (Lipinski definition) is 1. The third kappa shape index (κ3) is 3.59. The average molecular weight is 320 g/mol. The summed E-state index contributed by atoms with van der Waals surface area (Å²) in [7, 11) is 0. The first-order valence-electron chi connectivity index (χ1n) is 5.46. The van der Waals surface area contributed by atoms with Crippen LogP contribution in [0, 0.1) is 3.57 Å². The molecule has 1 heterocycles. The third-order valence-corrected chi connectivity index (χ3v) is 3.35. The van der Waals surface area contributed by atoms with E-state index in [1.54, 1.807) is 0 Å². The Bertz CT molecular complexity index is 373. The first-order chi connectivity index (χ1) is 7.19. The summed E-state index contributed by atoms with van der Waals surface area (Å²) in [4.78, 5) is 18.9. The quantitative estimate of drug-likeness (QED) is 0.848. The average Bonchev–Trinajstić information content (AvgIpc) is 2.22. The maximum atomic E-state index is 11.6. The van der Waals surface area contributed by atoms with E-state index in [2.05, 4.69) is 46.4 Å². The molecule has 0 fully saturated rings. The van der Waals surface area contributed by atoms with Crippen LogP contribution in [0.2, 0.25) is 0 Å². The lowest BCUT2D eigenvalue weighted by atomic mass is 10.2. The number of H-pyrrole nitrogens is 1. The summed E-state index contributed by atoms with van der Waals surface area (Å²) in [5, 5.41) is 0. The molecule has 0 amide bonds. The van der Waals surface area contributed by atoms with Crippen LogP contribution in [0.1, 0.15) is 44.6 Å². The number of rotatable bonds is 5. The van der Waals surface area contributed by atoms with Gasteiger partial charge in [0.2, 0.25) is 0 Å². The number of aryl methyl sites for hydroxylation is 2. The summed E-state index contributed by atoms with van der Waals surface area (Å²) in [6, 6.07) is 0. The summed E-state index contributed by atoms with van der Waals surface area (Å²) in [6.45, 7) is 4.24. The van der Waals surface area contributed by atoms with Gasteiger partial charge in [-0.2, -0.15) is 0 Å². The summed E-state index contributed by atoms with van der Waals surface area (Å²) < 4.78 is 0.745. The molecule has 84 valence electrons. The Hall–Kier alpha value is -0.390. The van der Waals surface area contributed by atoms with Crippen LogP contribution in [0.4, 0.5) is 0 Å². The van der Waals surface area contributed by atoms with Crippen molar-refractivity contribution in [2.45, 2.75) is 46.0 Å². The van der Waals surface area contributed by atoms with Gasteiger partial charge in [-0.25, -0.2) is 4.98 Å². The predicted molar refractivity (Wildman–Crippen MR) is 70.2 cm³/mol. The topological polar surface area (TPSA) is 45.8 Å². The molecule has 0 atom stereocenters. The van der Waals surface area contributed by atoms with Gasteiger partial charge in [0, 0.05) is 6.42 Å². The summed E-state index contributed by atoms with van der Waals surface area (Å²) in [5.74, 6) is 0.839. The van der Waals surface area contributed by atoms with Gasteiger partial charge in [0.05, 0.1) is 9.26 Å². The number of nitrogens with one attached hydrogen (secondary N) is 1. The van der Waals surface area contributed by atoms with Gasteiger partial charge in [0.25, 0.3) is 5.56 Å². The maximum absolute atomic E-state index is 11.6. The number of unbranched alkanes of at least 4 members (excludes halogenated alkanes) is 1. The lowest BCUT2D eigenvalue weighted by molar-refractivity contribution is 0.729. The van der Waals surface area contributed by atoms with E-state index >= 15 is 0 Å². The van der Waals surface area contributed by atoms with E-state index in [0.29, 0.717) is 0 Å².